The van der Waals surface area contributed by atoms with Gasteiger partial charge in [0.1, 0.15) is 6.17 Å². The molecule has 0 amide bonds. The summed E-state index contributed by atoms with van der Waals surface area (Å²) in [6.07, 6.45) is 12.4. The van der Waals surface area contributed by atoms with Crippen LogP contribution in [-0.2, 0) is 9.53 Å². The maximum Gasteiger partial charge on any atom is 0.327 e. The third-order valence-electron chi connectivity index (χ3n) is 8.22. The van der Waals surface area contributed by atoms with E-state index in [0.29, 0.717) is 24.7 Å². The van der Waals surface area contributed by atoms with Crippen LogP contribution < -0.4 is 16.3 Å². The number of fused-ring (bicyclic) bond motifs is 3. The van der Waals surface area contributed by atoms with Gasteiger partial charge in [-0.1, -0.05) is 32.1 Å². The van der Waals surface area contributed by atoms with Crippen LogP contribution in [0.4, 0.5) is 0 Å². The van der Waals surface area contributed by atoms with Crippen molar-refractivity contribution in [2.75, 3.05) is 32.8 Å². The van der Waals surface area contributed by atoms with Crippen LogP contribution in [0.3, 0.4) is 0 Å². The molecular weight excluding hydrogens is 380 g/mol. The van der Waals surface area contributed by atoms with E-state index in [-0.39, 0.29) is 18.2 Å². The van der Waals surface area contributed by atoms with Gasteiger partial charge < -0.3 is 4.74 Å². The predicted octanol–water partition coefficient (Wildman–Crippen LogP) is 1.01. The van der Waals surface area contributed by atoms with Gasteiger partial charge in [0.25, 0.3) is 0 Å². The molecule has 2 saturated carbocycles. The molecule has 0 radical (unpaired) electrons. The summed E-state index contributed by atoms with van der Waals surface area (Å²) in [5, 5.41) is 6.15. The van der Waals surface area contributed by atoms with E-state index in [1.165, 1.54) is 70.9 Å². The number of ether oxygens (including phenoxy) is 1. The zero-order valence-electron chi connectivity index (χ0n) is 18.5. The Morgan fingerprint density at radius 2 is 1.60 bits per heavy atom. The summed E-state index contributed by atoms with van der Waals surface area (Å²) in [5.41, 5.74) is 6.52. The monoisotopic (exact) mass is 420 g/mol. The average Bonchev–Trinajstić information content (AvgIpc) is 3.24. The van der Waals surface area contributed by atoms with Crippen molar-refractivity contribution in [1.82, 2.24) is 31.1 Å². The SMILES string of the molecule is CCOC(=O)C1NNN2C3CCCCC3C(N3CCN(C4CCCCC4)CC3)NC12. The van der Waals surface area contributed by atoms with Crippen LogP contribution in [0.1, 0.15) is 64.7 Å². The number of nitrogens with zero attached hydrogens (tertiary/aromatic N) is 3. The molecule has 0 bridgehead atoms. The lowest BCUT2D eigenvalue weighted by Crippen LogP contribution is -2.72. The van der Waals surface area contributed by atoms with Crippen LogP contribution in [0.5, 0.6) is 0 Å². The van der Waals surface area contributed by atoms with E-state index < -0.39 is 0 Å². The molecule has 3 N–H and O–H groups in total. The average molecular weight is 421 g/mol. The standard InChI is InChI=1S/C22H40N6O2/c1-2-30-22(29)19-21-23-20(17-10-6-7-11-18(17)28(21)25-24-19)27-14-12-26(13-15-27)16-8-4-3-5-9-16/h16-21,23-25H,2-15H2,1H3. The van der Waals surface area contributed by atoms with Crippen LogP contribution in [0.2, 0.25) is 0 Å². The number of piperazine rings is 1. The molecule has 8 heteroatoms. The number of rotatable bonds is 4. The second kappa shape index (κ2) is 9.38. The van der Waals surface area contributed by atoms with Crippen molar-refractivity contribution in [2.24, 2.45) is 5.92 Å². The van der Waals surface area contributed by atoms with Gasteiger partial charge in [-0.25, -0.2) is 10.4 Å². The van der Waals surface area contributed by atoms with Crippen molar-refractivity contribution >= 4 is 5.97 Å². The molecule has 3 saturated heterocycles. The van der Waals surface area contributed by atoms with Crippen molar-refractivity contribution in [3.05, 3.63) is 0 Å². The Labute approximate surface area is 181 Å². The summed E-state index contributed by atoms with van der Waals surface area (Å²) in [5.74, 6) is 0.437. The van der Waals surface area contributed by atoms with E-state index in [9.17, 15) is 4.79 Å². The minimum Gasteiger partial charge on any atom is -0.465 e. The number of hydrogen-bond acceptors (Lipinski definition) is 8. The minimum atomic E-state index is -0.362. The maximum absolute atomic E-state index is 12.5. The van der Waals surface area contributed by atoms with Crippen LogP contribution in [0.15, 0.2) is 0 Å². The van der Waals surface area contributed by atoms with E-state index in [4.69, 9.17) is 4.74 Å². The number of carbonyl (C=O) groups excluding carboxylic acids is 1. The summed E-state index contributed by atoms with van der Waals surface area (Å²) in [6.45, 7) is 6.93. The number of nitrogens with one attached hydrogen (secondary N) is 3. The first-order valence-electron chi connectivity index (χ1n) is 12.5. The van der Waals surface area contributed by atoms with E-state index >= 15 is 0 Å². The summed E-state index contributed by atoms with van der Waals surface area (Å²) in [6, 6.07) is 0.923. The minimum absolute atomic E-state index is 0.0511. The second-order valence-electron chi connectivity index (χ2n) is 9.83. The lowest BCUT2D eigenvalue weighted by Gasteiger charge is -2.54. The van der Waals surface area contributed by atoms with Gasteiger partial charge in [0.05, 0.1) is 12.8 Å². The fourth-order valence-electron chi connectivity index (χ4n) is 6.69. The van der Waals surface area contributed by atoms with Crippen molar-refractivity contribution in [1.29, 1.82) is 0 Å². The van der Waals surface area contributed by atoms with Crippen LogP contribution in [0.25, 0.3) is 0 Å². The molecule has 5 aliphatic rings. The van der Waals surface area contributed by atoms with Gasteiger partial charge in [0.2, 0.25) is 0 Å². The number of hydrazine groups is 2. The van der Waals surface area contributed by atoms with Crippen molar-refractivity contribution in [3.63, 3.8) is 0 Å². The fourth-order valence-corrected chi connectivity index (χ4v) is 6.69. The highest BCUT2D eigenvalue weighted by molar-refractivity contribution is 5.77. The van der Waals surface area contributed by atoms with Gasteiger partial charge >= 0.3 is 5.97 Å². The first-order valence-corrected chi connectivity index (χ1v) is 12.5. The molecule has 5 unspecified atom stereocenters. The quantitative estimate of drug-likeness (QED) is 0.582. The first-order chi connectivity index (χ1) is 14.8. The lowest BCUT2D eigenvalue weighted by atomic mass is 9.79. The largest absolute Gasteiger partial charge is 0.465 e. The van der Waals surface area contributed by atoms with E-state index in [1.54, 1.807) is 0 Å². The highest BCUT2D eigenvalue weighted by Gasteiger charge is 2.52. The van der Waals surface area contributed by atoms with Gasteiger partial charge in [-0.3, -0.25) is 19.9 Å². The van der Waals surface area contributed by atoms with Crippen LogP contribution in [0, 0.1) is 5.92 Å². The molecule has 5 fully saturated rings. The molecular formula is C22H40N6O2. The Morgan fingerprint density at radius 1 is 0.900 bits per heavy atom. The molecule has 0 spiro atoms. The van der Waals surface area contributed by atoms with Crippen molar-refractivity contribution in [3.8, 4) is 0 Å². The van der Waals surface area contributed by atoms with E-state index in [0.717, 1.165) is 19.1 Å². The third-order valence-corrected chi connectivity index (χ3v) is 8.22. The summed E-state index contributed by atoms with van der Waals surface area (Å²) >= 11 is 0. The fraction of sp³-hybridized carbons (Fsp3) is 0.955. The highest BCUT2D eigenvalue weighted by atomic mass is 16.5. The topological polar surface area (TPSA) is 72.1 Å². The normalized spacial score (nSPS) is 39.4. The zero-order chi connectivity index (χ0) is 20.5. The highest BCUT2D eigenvalue weighted by Crippen LogP contribution is 2.37. The van der Waals surface area contributed by atoms with Crippen LogP contribution in [-0.4, -0.2) is 84.0 Å². The maximum atomic E-state index is 12.5. The summed E-state index contributed by atoms with van der Waals surface area (Å²) in [7, 11) is 0. The molecule has 5 atom stereocenters. The van der Waals surface area contributed by atoms with Gasteiger partial charge in [0, 0.05) is 44.2 Å². The molecule has 0 aromatic heterocycles. The molecule has 3 aliphatic heterocycles. The van der Waals surface area contributed by atoms with Gasteiger partial charge in [-0.05, 0) is 32.6 Å². The predicted molar refractivity (Wildman–Crippen MR) is 115 cm³/mol. The van der Waals surface area contributed by atoms with Crippen molar-refractivity contribution < 1.29 is 9.53 Å². The summed E-state index contributed by atoms with van der Waals surface area (Å²) in [4.78, 5) is 18.0. The number of hydrogen-bond donors (Lipinski definition) is 3. The van der Waals surface area contributed by atoms with Gasteiger partial charge in [0.15, 0.2) is 6.04 Å². The molecule has 0 aromatic carbocycles. The second-order valence-corrected chi connectivity index (χ2v) is 9.83. The summed E-state index contributed by atoms with van der Waals surface area (Å²) < 4.78 is 5.34. The zero-order valence-corrected chi connectivity index (χ0v) is 18.5. The van der Waals surface area contributed by atoms with Crippen molar-refractivity contribution in [2.45, 2.75) is 95.2 Å². The van der Waals surface area contributed by atoms with Crippen LogP contribution >= 0.6 is 0 Å². The Kier molecular flexibility index (Phi) is 6.60. The van der Waals surface area contributed by atoms with Gasteiger partial charge in [-0.15, -0.1) is 0 Å². The molecule has 170 valence electrons. The molecule has 8 nitrogen and oxygen atoms in total. The number of carbonyl (C=O) groups is 1. The van der Waals surface area contributed by atoms with Gasteiger partial charge in [-0.2, -0.15) is 5.53 Å². The van der Waals surface area contributed by atoms with E-state index in [1.807, 2.05) is 6.92 Å². The Morgan fingerprint density at radius 3 is 2.37 bits per heavy atom. The molecule has 30 heavy (non-hydrogen) atoms. The molecule has 5 rings (SSSR count). The molecule has 3 heterocycles. The number of esters is 1. The molecule has 2 aliphatic carbocycles. The Hall–Kier alpha value is -0.770. The Balaban J connectivity index is 1.27. The van der Waals surface area contributed by atoms with E-state index in [2.05, 4.69) is 31.1 Å². The first kappa shape index (κ1) is 21.1. The lowest BCUT2D eigenvalue weighted by molar-refractivity contribution is -0.148. The smallest absolute Gasteiger partial charge is 0.327 e. The Bertz CT molecular complexity index is 592. The molecule has 0 aromatic rings. The third kappa shape index (κ3) is 4.02.